The van der Waals surface area contributed by atoms with Crippen LogP contribution < -0.4 is 5.32 Å². The molecule has 0 bridgehead atoms. The Labute approximate surface area is 161 Å². The molecule has 0 saturated heterocycles. The molecule has 1 N–H and O–H groups in total. The summed E-state index contributed by atoms with van der Waals surface area (Å²) in [7, 11) is 0. The number of fused-ring (bicyclic) bond motifs is 1. The van der Waals surface area contributed by atoms with E-state index in [1.807, 2.05) is 31.2 Å². The highest BCUT2D eigenvalue weighted by molar-refractivity contribution is 5.86. The van der Waals surface area contributed by atoms with Crippen LogP contribution in [0, 0.1) is 6.92 Å². The summed E-state index contributed by atoms with van der Waals surface area (Å²) >= 11 is 0. The predicted molar refractivity (Wildman–Crippen MR) is 103 cm³/mol. The van der Waals surface area contributed by atoms with Crippen LogP contribution in [0.4, 0.5) is 0 Å². The number of carbonyl (C=O) groups is 1. The van der Waals surface area contributed by atoms with E-state index in [4.69, 9.17) is 8.94 Å². The maximum Gasteiger partial charge on any atom is 0.269 e. The van der Waals surface area contributed by atoms with Crippen LogP contribution in [0.15, 0.2) is 57.5 Å². The van der Waals surface area contributed by atoms with Crippen molar-refractivity contribution in [3.63, 3.8) is 0 Å². The van der Waals surface area contributed by atoms with Crippen molar-refractivity contribution < 1.29 is 13.7 Å². The van der Waals surface area contributed by atoms with Crippen molar-refractivity contribution in [3.8, 4) is 11.6 Å². The van der Waals surface area contributed by atoms with Crippen LogP contribution in [0.2, 0.25) is 0 Å². The fraction of sp³-hybridized carbons (Fsp3) is 0.238. The van der Waals surface area contributed by atoms with Crippen LogP contribution in [0.5, 0.6) is 0 Å². The molecule has 7 nitrogen and oxygen atoms in total. The van der Waals surface area contributed by atoms with Crippen LogP contribution in [-0.4, -0.2) is 21.3 Å². The Bertz CT molecular complexity index is 1110. The molecule has 0 unspecified atom stereocenters. The van der Waals surface area contributed by atoms with E-state index >= 15 is 0 Å². The molecule has 0 aliphatic carbocycles. The number of nitrogens with zero attached hydrogens (tertiary/aromatic N) is 3. The molecule has 0 fully saturated rings. The van der Waals surface area contributed by atoms with Crippen LogP contribution in [0.1, 0.15) is 36.6 Å². The summed E-state index contributed by atoms with van der Waals surface area (Å²) in [6.07, 6.45) is 0.618. The highest BCUT2D eigenvalue weighted by Crippen LogP contribution is 2.24. The molecule has 2 heterocycles. The average Bonchev–Trinajstić information content (AvgIpc) is 3.34. The topological polar surface area (TPSA) is 94.1 Å². The maximum atomic E-state index is 12.4. The zero-order valence-corrected chi connectivity index (χ0v) is 15.7. The first-order chi connectivity index (χ1) is 13.6. The number of aryl methyl sites for hydroxylation is 2. The SMILES string of the molecule is Cc1cc(-c2nnc(CCC(=O)N[C@H](C)c3cccc4ccccc34)o2)no1. The van der Waals surface area contributed by atoms with Crippen LogP contribution >= 0.6 is 0 Å². The second kappa shape index (κ2) is 7.64. The largest absolute Gasteiger partial charge is 0.419 e. The summed E-state index contributed by atoms with van der Waals surface area (Å²) in [6.45, 7) is 3.77. The van der Waals surface area contributed by atoms with Gasteiger partial charge in [0.15, 0.2) is 5.69 Å². The maximum absolute atomic E-state index is 12.4. The molecule has 0 radical (unpaired) electrons. The molecule has 0 aliphatic rings. The molecule has 7 heteroatoms. The van der Waals surface area contributed by atoms with Gasteiger partial charge < -0.3 is 14.3 Å². The lowest BCUT2D eigenvalue weighted by atomic mass is 9.99. The molecule has 4 rings (SSSR count). The molecular formula is C21H20N4O3. The molecule has 4 aromatic rings. The Morgan fingerprint density at radius 1 is 1.14 bits per heavy atom. The second-order valence-corrected chi connectivity index (χ2v) is 6.68. The van der Waals surface area contributed by atoms with Gasteiger partial charge in [0.1, 0.15) is 5.76 Å². The van der Waals surface area contributed by atoms with Gasteiger partial charge in [-0.2, -0.15) is 0 Å². The van der Waals surface area contributed by atoms with Crippen molar-refractivity contribution in [2.45, 2.75) is 32.7 Å². The Balaban J connectivity index is 1.37. The van der Waals surface area contributed by atoms with Crippen molar-refractivity contribution in [1.29, 1.82) is 0 Å². The van der Waals surface area contributed by atoms with Crippen LogP contribution in [0.25, 0.3) is 22.4 Å². The number of benzene rings is 2. The van der Waals surface area contributed by atoms with Crippen molar-refractivity contribution >= 4 is 16.7 Å². The Hall–Kier alpha value is -3.48. The second-order valence-electron chi connectivity index (χ2n) is 6.68. The lowest BCUT2D eigenvalue weighted by Crippen LogP contribution is -2.27. The lowest BCUT2D eigenvalue weighted by Gasteiger charge is -2.16. The first kappa shape index (κ1) is 17.9. The van der Waals surface area contributed by atoms with Crippen molar-refractivity contribution in [3.05, 3.63) is 65.7 Å². The van der Waals surface area contributed by atoms with E-state index in [1.54, 1.807) is 13.0 Å². The summed E-state index contributed by atoms with van der Waals surface area (Å²) < 4.78 is 10.6. The van der Waals surface area contributed by atoms with Crippen LogP contribution in [-0.2, 0) is 11.2 Å². The van der Waals surface area contributed by atoms with E-state index in [1.165, 1.54) is 0 Å². The van der Waals surface area contributed by atoms with Gasteiger partial charge in [-0.25, -0.2) is 0 Å². The van der Waals surface area contributed by atoms with Gasteiger partial charge in [0, 0.05) is 18.9 Å². The third kappa shape index (κ3) is 3.78. The monoisotopic (exact) mass is 376 g/mol. The Morgan fingerprint density at radius 3 is 2.79 bits per heavy atom. The molecule has 1 amide bonds. The number of amides is 1. The molecule has 0 aliphatic heterocycles. The number of carbonyl (C=O) groups excluding carboxylic acids is 1. The van der Waals surface area contributed by atoms with Gasteiger partial charge in [0.05, 0.1) is 6.04 Å². The molecule has 142 valence electrons. The van der Waals surface area contributed by atoms with Gasteiger partial charge in [-0.05, 0) is 30.2 Å². The zero-order chi connectivity index (χ0) is 19.5. The normalized spacial score (nSPS) is 12.2. The molecule has 0 saturated carbocycles. The molecule has 2 aromatic carbocycles. The standard InChI is InChI=1S/C21H20N4O3/c1-13-12-18(25-28-13)21-24-23-20(27-21)11-10-19(26)22-14(2)16-9-5-7-15-6-3-4-8-17(15)16/h3-9,12,14H,10-11H2,1-2H3,(H,22,26)/t14-/m1/s1. The predicted octanol–water partition coefficient (Wildman–Crippen LogP) is 4.00. The number of nitrogens with one attached hydrogen (secondary N) is 1. The highest BCUT2D eigenvalue weighted by Gasteiger charge is 2.15. The first-order valence-electron chi connectivity index (χ1n) is 9.13. The van der Waals surface area contributed by atoms with Gasteiger partial charge in [-0.3, -0.25) is 4.79 Å². The minimum Gasteiger partial charge on any atom is -0.419 e. The molecule has 28 heavy (non-hydrogen) atoms. The third-order valence-corrected chi connectivity index (χ3v) is 4.55. The van der Waals surface area contributed by atoms with Crippen molar-refractivity contribution in [2.24, 2.45) is 0 Å². The molecule has 0 spiro atoms. The fourth-order valence-corrected chi connectivity index (χ4v) is 3.17. The van der Waals surface area contributed by atoms with E-state index in [0.717, 1.165) is 16.3 Å². The van der Waals surface area contributed by atoms with Gasteiger partial charge in [0.25, 0.3) is 5.89 Å². The highest BCUT2D eigenvalue weighted by atomic mass is 16.5. The summed E-state index contributed by atoms with van der Waals surface area (Å²) in [5.74, 6) is 1.27. The Morgan fingerprint density at radius 2 is 1.96 bits per heavy atom. The molecule has 2 aromatic heterocycles. The summed E-state index contributed by atoms with van der Waals surface area (Å²) in [6, 6.07) is 15.9. The number of rotatable bonds is 6. The quantitative estimate of drug-likeness (QED) is 0.547. The zero-order valence-electron chi connectivity index (χ0n) is 15.7. The fourth-order valence-electron chi connectivity index (χ4n) is 3.17. The van der Waals surface area contributed by atoms with Gasteiger partial charge in [-0.15, -0.1) is 10.2 Å². The minimum absolute atomic E-state index is 0.0718. The first-order valence-corrected chi connectivity index (χ1v) is 9.13. The minimum atomic E-state index is -0.102. The van der Waals surface area contributed by atoms with E-state index < -0.39 is 0 Å². The average molecular weight is 376 g/mol. The van der Waals surface area contributed by atoms with Crippen molar-refractivity contribution in [2.75, 3.05) is 0 Å². The van der Waals surface area contributed by atoms with Crippen molar-refractivity contribution in [1.82, 2.24) is 20.7 Å². The van der Waals surface area contributed by atoms with E-state index in [-0.39, 0.29) is 24.3 Å². The smallest absolute Gasteiger partial charge is 0.269 e. The number of hydrogen-bond acceptors (Lipinski definition) is 6. The number of aromatic nitrogens is 3. The van der Waals surface area contributed by atoms with E-state index in [2.05, 4.69) is 38.9 Å². The Kier molecular flexibility index (Phi) is 4.89. The summed E-state index contributed by atoms with van der Waals surface area (Å²) in [4.78, 5) is 12.4. The van der Waals surface area contributed by atoms with E-state index in [9.17, 15) is 4.79 Å². The molecule has 1 atom stereocenters. The van der Waals surface area contributed by atoms with Gasteiger partial charge >= 0.3 is 0 Å². The van der Waals surface area contributed by atoms with Gasteiger partial charge in [0.2, 0.25) is 11.8 Å². The van der Waals surface area contributed by atoms with Crippen LogP contribution in [0.3, 0.4) is 0 Å². The summed E-state index contributed by atoms with van der Waals surface area (Å²) in [5, 5.41) is 17.1. The molecular weight excluding hydrogens is 356 g/mol. The number of hydrogen-bond donors (Lipinski definition) is 1. The van der Waals surface area contributed by atoms with Gasteiger partial charge in [-0.1, -0.05) is 47.6 Å². The lowest BCUT2D eigenvalue weighted by molar-refractivity contribution is -0.121. The van der Waals surface area contributed by atoms with E-state index in [0.29, 0.717) is 23.8 Å². The summed E-state index contributed by atoms with van der Waals surface area (Å²) in [5.41, 5.74) is 1.58. The third-order valence-electron chi connectivity index (χ3n) is 4.55.